The molecule has 6 nitrogen and oxygen atoms in total. The van der Waals surface area contributed by atoms with Gasteiger partial charge in [0, 0.05) is 62.3 Å². The van der Waals surface area contributed by atoms with E-state index < -0.39 is 0 Å². The van der Waals surface area contributed by atoms with Crippen LogP contribution in [-0.2, 0) is 16.0 Å². The van der Waals surface area contributed by atoms with Gasteiger partial charge in [0.1, 0.15) is 0 Å². The minimum atomic E-state index is 0. The first-order chi connectivity index (χ1) is 13.8. The molecule has 2 aliphatic heterocycles. The van der Waals surface area contributed by atoms with E-state index in [0.29, 0.717) is 12.5 Å². The Morgan fingerprint density at radius 2 is 2.07 bits per heavy atom. The molecule has 4 rings (SSSR count). The molecule has 2 saturated heterocycles. The molecule has 2 aliphatic rings. The van der Waals surface area contributed by atoms with Crippen LogP contribution in [-0.4, -0.2) is 79.2 Å². The smallest absolute Gasteiger partial charge is 0.223 e. The Morgan fingerprint density at radius 3 is 2.86 bits per heavy atom. The summed E-state index contributed by atoms with van der Waals surface area (Å²) < 4.78 is 5.45. The summed E-state index contributed by atoms with van der Waals surface area (Å²) in [5.41, 5.74) is 2.38. The zero-order chi connectivity index (χ0) is 19.2. The summed E-state index contributed by atoms with van der Waals surface area (Å²) in [6.07, 6.45) is 5.67. The number of halogens is 1. The van der Waals surface area contributed by atoms with Gasteiger partial charge in [-0.2, -0.15) is 0 Å². The van der Waals surface area contributed by atoms with Crippen LogP contribution in [0.1, 0.15) is 24.8 Å². The highest BCUT2D eigenvalue weighted by Crippen LogP contribution is 2.20. The zero-order valence-electron chi connectivity index (χ0n) is 17.1. The molecule has 0 saturated carbocycles. The second-order valence-electron chi connectivity index (χ2n) is 7.90. The minimum absolute atomic E-state index is 0. The maximum absolute atomic E-state index is 13.2. The van der Waals surface area contributed by atoms with Gasteiger partial charge in [-0.1, -0.05) is 18.2 Å². The Labute approximate surface area is 179 Å². The normalized spacial score (nSPS) is 20.3. The van der Waals surface area contributed by atoms with Crippen LogP contribution in [0.2, 0.25) is 0 Å². The minimum Gasteiger partial charge on any atom is -0.379 e. The Morgan fingerprint density at radius 1 is 1.24 bits per heavy atom. The van der Waals surface area contributed by atoms with Crippen molar-refractivity contribution in [2.24, 2.45) is 0 Å². The van der Waals surface area contributed by atoms with Gasteiger partial charge in [0.15, 0.2) is 0 Å². The van der Waals surface area contributed by atoms with Crippen LogP contribution in [0.15, 0.2) is 30.5 Å². The van der Waals surface area contributed by atoms with Crippen LogP contribution >= 0.6 is 12.4 Å². The monoisotopic (exact) mass is 420 g/mol. The predicted molar refractivity (Wildman–Crippen MR) is 119 cm³/mol. The van der Waals surface area contributed by atoms with E-state index in [4.69, 9.17) is 4.74 Å². The fraction of sp³-hybridized carbons (Fsp3) is 0.591. The second-order valence-corrected chi connectivity index (χ2v) is 7.90. The van der Waals surface area contributed by atoms with Crippen LogP contribution < -0.4 is 5.32 Å². The van der Waals surface area contributed by atoms with Gasteiger partial charge in [0.25, 0.3) is 0 Å². The maximum Gasteiger partial charge on any atom is 0.223 e. The number of piperidine rings is 1. The quantitative estimate of drug-likeness (QED) is 0.722. The molecule has 1 aromatic carbocycles. The number of rotatable bonds is 7. The molecule has 0 aliphatic carbocycles. The van der Waals surface area contributed by atoms with Gasteiger partial charge in [-0.3, -0.25) is 9.69 Å². The van der Waals surface area contributed by atoms with Gasteiger partial charge >= 0.3 is 0 Å². The third-order valence-corrected chi connectivity index (χ3v) is 6.08. The number of aryl methyl sites for hydroxylation is 1. The van der Waals surface area contributed by atoms with Crippen LogP contribution in [0.5, 0.6) is 0 Å². The zero-order valence-corrected chi connectivity index (χ0v) is 17.9. The molecule has 2 aromatic rings. The van der Waals surface area contributed by atoms with Gasteiger partial charge in [0.2, 0.25) is 5.91 Å². The van der Waals surface area contributed by atoms with E-state index in [1.54, 1.807) is 0 Å². The Bertz CT molecular complexity index is 769. The van der Waals surface area contributed by atoms with E-state index in [1.807, 2.05) is 6.07 Å². The number of nitrogens with one attached hydrogen (secondary N) is 2. The van der Waals surface area contributed by atoms with Crippen molar-refractivity contribution in [3.8, 4) is 0 Å². The van der Waals surface area contributed by atoms with Gasteiger partial charge < -0.3 is 19.9 Å². The number of aromatic nitrogens is 1. The molecule has 29 heavy (non-hydrogen) atoms. The highest BCUT2D eigenvalue weighted by molar-refractivity contribution is 5.85. The molecule has 7 heteroatoms. The van der Waals surface area contributed by atoms with Crippen molar-refractivity contribution < 1.29 is 9.53 Å². The number of carbonyl (C=O) groups is 1. The number of para-hydroxylation sites is 1. The number of H-pyrrole nitrogens is 1. The first-order valence-electron chi connectivity index (χ1n) is 10.7. The van der Waals surface area contributed by atoms with Gasteiger partial charge in [-0.25, -0.2) is 0 Å². The van der Waals surface area contributed by atoms with Crippen molar-refractivity contribution in [2.45, 2.75) is 31.7 Å². The van der Waals surface area contributed by atoms with Crippen molar-refractivity contribution in [1.29, 1.82) is 0 Å². The maximum atomic E-state index is 13.2. The first kappa shape index (κ1) is 22.1. The van der Waals surface area contributed by atoms with Gasteiger partial charge in [0.05, 0.1) is 13.2 Å². The molecule has 2 N–H and O–H groups in total. The van der Waals surface area contributed by atoms with Crippen molar-refractivity contribution >= 4 is 29.2 Å². The van der Waals surface area contributed by atoms with Crippen LogP contribution in [0.3, 0.4) is 0 Å². The van der Waals surface area contributed by atoms with Crippen LogP contribution in [0.25, 0.3) is 10.9 Å². The Balaban J connectivity index is 0.00000240. The number of fused-ring (bicyclic) bond motifs is 1. The van der Waals surface area contributed by atoms with Crippen LogP contribution in [0, 0.1) is 0 Å². The lowest BCUT2D eigenvalue weighted by atomic mass is 10.0. The number of hydrogen-bond donors (Lipinski definition) is 2. The van der Waals surface area contributed by atoms with Crippen molar-refractivity contribution in [1.82, 2.24) is 20.1 Å². The molecule has 0 bridgehead atoms. The summed E-state index contributed by atoms with van der Waals surface area (Å²) in [5.74, 6) is 0.284. The van der Waals surface area contributed by atoms with E-state index in [0.717, 1.165) is 77.3 Å². The summed E-state index contributed by atoms with van der Waals surface area (Å²) in [5, 5.41) is 4.70. The average molecular weight is 421 g/mol. The number of ether oxygens (including phenoxy) is 1. The van der Waals surface area contributed by atoms with Crippen molar-refractivity contribution in [3.63, 3.8) is 0 Å². The lowest BCUT2D eigenvalue weighted by Crippen LogP contribution is -2.51. The molecule has 1 aromatic heterocycles. The Kier molecular flexibility index (Phi) is 8.36. The van der Waals surface area contributed by atoms with Crippen molar-refractivity contribution in [2.75, 3.05) is 52.5 Å². The van der Waals surface area contributed by atoms with Gasteiger partial charge in [-0.15, -0.1) is 12.4 Å². The van der Waals surface area contributed by atoms with Crippen molar-refractivity contribution in [3.05, 3.63) is 36.0 Å². The second kappa shape index (κ2) is 11.0. The van der Waals surface area contributed by atoms with Gasteiger partial charge in [-0.05, 0) is 37.4 Å². The average Bonchev–Trinajstić information content (AvgIpc) is 3.17. The summed E-state index contributed by atoms with van der Waals surface area (Å²) in [6, 6.07) is 8.64. The molecule has 2 fully saturated rings. The number of aromatic amines is 1. The van der Waals surface area contributed by atoms with E-state index in [9.17, 15) is 4.79 Å². The number of carbonyl (C=O) groups excluding carboxylic acids is 1. The number of hydrogen-bond acceptors (Lipinski definition) is 4. The van der Waals surface area contributed by atoms with E-state index >= 15 is 0 Å². The van der Waals surface area contributed by atoms with E-state index in [-0.39, 0.29) is 18.3 Å². The highest BCUT2D eigenvalue weighted by Gasteiger charge is 2.26. The molecule has 0 spiro atoms. The third-order valence-electron chi connectivity index (χ3n) is 6.08. The highest BCUT2D eigenvalue weighted by atomic mass is 35.5. The summed E-state index contributed by atoms with van der Waals surface area (Å²) in [4.78, 5) is 21.1. The first-order valence-corrected chi connectivity index (χ1v) is 10.7. The number of morpholine rings is 1. The predicted octanol–water partition coefficient (Wildman–Crippen LogP) is 2.44. The molecule has 160 valence electrons. The molecule has 3 heterocycles. The third kappa shape index (κ3) is 5.72. The number of benzene rings is 1. The molecule has 0 radical (unpaired) electrons. The summed E-state index contributed by atoms with van der Waals surface area (Å²) in [6.45, 7) is 7.30. The molecular weight excluding hydrogens is 388 g/mol. The summed E-state index contributed by atoms with van der Waals surface area (Å²) in [7, 11) is 0. The van der Waals surface area contributed by atoms with E-state index in [2.05, 4.69) is 44.5 Å². The Hall–Kier alpha value is -1.60. The fourth-order valence-corrected chi connectivity index (χ4v) is 4.41. The molecular formula is C22H33ClN4O2. The topological polar surface area (TPSA) is 60.6 Å². The largest absolute Gasteiger partial charge is 0.379 e. The molecule has 1 amide bonds. The standard InChI is InChI=1S/C22H32N4O2.ClH/c27-22(8-7-18-16-24-21-6-2-1-5-20(18)21)26(19-4-3-9-23-17-19)11-10-25-12-14-28-15-13-25;/h1-2,5-6,16,19,23-24H,3-4,7-15,17H2;1H. The SMILES string of the molecule is Cl.O=C(CCc1c[nH]c2ccccc12)N(CCN1CCOCC1)C1CCCNC1. The molecule has 1 atom stereocenters. The lowest BCUT2D eigenvalue weighted by Gasteiger charge is -2.37. The molecule has 1 unspecified atom stereocenters. The number of amides is 1. The number of nitrogens with zero attached hydrogens (tertiary/aromatic N) is 2. The summed E-state index contributed by atoms with van der Waals surface area (Å²) >= 11 is 0. The van der Waals surface area contributed by atoms with Crippen LogP contribution in [0.4, 0.5) is 0 Å². The lowest BCUT2D eigenvalue weighted by molar-refractivity contribution is -0.134. The van der Waals surface area contributed by atoms with E-state index in [1.165, 1.54) is 10.9 Å². The fourth-order valence-electron chi connectivity index (χ4n) is 4.41.